The summed E-state index contributed by atoms with van der Waals surface area (Å²) in [6, 6.07) is 0. The van der Waals surface area contributed by atoms with E-state index >= 15 is 0 Å². The number of aliphatic hydroxyl groups excluding tert-OH is 4. The van der Waals surface area contributed by atoms with E-state index in [0.29, 0.717) is 56.3 Å². The van der Waals surface area contributed by atoms with E-state index in [0.717, 1.165) is 45.1 Å². The van der Waals surface area contributed by atoms with Gasteiger partial charge in [-0.05, 0) is 120 Å². The Hall–Kier alpha value is -1.02. The summed E-state index contributed by atoms with van der Waals surface area (Å²) in [6.45, 7) is 11.2. The van der Waals surface area contributed by atoms with Gasteiger partial charge in [-0.25, -0.2) is 0 Å². The fraction of sp³-hybridized carbons (Fsp3) is 0.953. The second-order valence-corrected chi connectivity index (χ2v) is 19.6. The van der Waals surface area contributed by atoms with Crippen LogP contribution in [0, 0.1) is 52.3 Å². The van der Waals surface area contributed by atoms with Crippen molar-refractivity contribution in [1.82, 2.24) is 5.32 Å². The molecule has 6 fully saturated rings. The van der Waals surface area contributed by atoms with Crippen LogP contribution in [0.25, 0.3) is 0 Å². The summed E-state index contributed by atoms with van der Waals surface area (Å²) in [7, 11) is 0. The van der Waals surface area contributed by atoms with Crippen molar-refractivity contribution in [2.24, 2.45) is 63.0 Å². The Kier molecular flexibility index (Phi) is 13.2. The number of hydrogen-bond acceptors (Lipinski definition) is 11. The maximum absolute atomic E-state index is 14.9. The number of carbonyl (C=O) groups excluding carboxylic acids is 1. The highest BCUT2D eigenvalue weighted by Gasteiger charge is 2.74. The van der Waals surface area contributed by atoms with Crippen molar-refractivity contribution in [3.05, 3.63) is 0 Å². The van der Waals surface area contributed by atoms with Crippen LogP contribution in [0.2, 0.25) is 0 Å². The second kappa shape index (κ2) is 16.7. The Morgan fingerprint density at radius 1 is 1.06 bits per heavy atom. The minimum atomic E-state index is -1.57. The average Bonchev–Trinajstić information content (AvgIpc) is 3.62. The Labute approximate surface area is 324 Å². The van der Waals surface area contributed by atoms with Crippen molar-refractivity contribution in [1.29, 1.82) is 0 Å². The molecule has 2 saturated heterocycles. The number of ketones is 1. The molecular weight excluding hydrogens is 686 g/mol. The van der Waals surface area contributed by atoms with Gasteiger partial charge in [0.05, 0.1) is 60.6 Å². The molecular formula is C43H75N3O8. The fourth-order valence-corrected chi connectivity index (χ4v) is 13.3. The zero-order valence-corrected chi connectivity index (χ0v) is 34.0. The van der Waals surface area contributed by atoms with E-state index < -0.39 is 70.3 Å². The van der Waals surface area contributed by atoms with Crippen LogP contribution >= 0.6 is 0 Å². The van der Waals surface area contributed by atoms with Gasteiger partial charge in [-0.15, -0.1) is 0 Å². The van der Waals surface area contributed by atoms with Crippen molar-refractivity contribution >= 4 is 11.5 Å². The zero-order valence-electron chi connectivity index (χ0n) is 34.0. The van der Waals surface area contributed by atoms with Crippen molar-refractivity contribution in [3.63, 3.8) is 0 Å². The van der Waals surface area contributed by atoms with Crippen LogP contribution in [-0.4, -0.2) is 110 Å². The number of aliphatic hydroxyl groups is 6. The third-order valence-electron chi connectivity index (χ3n) is 16.4. The molecule has 2 heterocycles. The zero-order chi connectivity index (χ0) is 39.2. The number of nitrogens with zero attached hydrogens (tertiary/aromatic N) is 1. The van der Waals surface area contributed by atoms with Crippen LogP contribution in [-0.2, 0) is 9.53 Å². The van der Waals surface area contributed by atoms with Gasteiger partial charge in [0, 0.05) is 17.3 Å². The maximum Gasteiger partial charge on any atom is 0.180 e. The van der Waals surface area contributed by atoms with E-state index in [2.05, 4.69) is 19.2 Å². The highest BCUT2D eigenvalue weighted by atomic mass is 16.5. The number of nitrogens with two attached hydrogens (primary N) is 1. The van der Waals surface area contributed by atoms with E-state index in [4.69, 9.17) is 15.5 Å². The van der Waals surface area contributed by atoms with Crippen LogP contribution in [0.1, 0.15) is 137 Å². The van der Waals surface area contributed by atoms with E-state index in [1.54, 1.807) is 13.8 Å². The van der Waals surface area contributed by atoms with Gasteiger partial charge in [0.15, 0.2) is 5.78 Å². The predicted octanol–water partition coefficient (Wildman–Crippen LogP) is 3.87. The molecule has 2 aliphatic heterocycles. The Morgan fingerprint density at radius 3 is 2.52 bits per heavy atom. The molecule has 6 aliphatic rings. The first-order valence-electron chi connectivity index (χ1n) is 21.9. The molecule has 0 bridgehead atoms. The van der Waals surface area contributed by atoms with Gasteiger partial charge in [-0.2, -0.15) is 0 Å². The summed E-state index contributed by atoms with van der Waals surface area (Å²) in [5, 5.41) is 73.9. The molecule has 0 spiro atoms. The number of rotatable bonds is 14. The van der Waals surface area contributed by atoms with Crippen molar-refractivity contribution in [3.8, 4) is 0 Å². The molecule has 11 nitrogen and oxygen atoms in total. The third-order valence-corrected chi connectivity index (χ3v) is 16.4. The number of fused-ring (bicyclic) bond motifs is 5. The molecule has 54 heavy (non-hydrogen) atoms. The minimum absolute atomic E-state index is 0.0219. The van der Waals surface area contributed by atoms with Crippen LogP contribution in [0.5, 0.6) is 0 Å². The number of nitrogens with one attached hydrogen (secondary N) is 1. The van der Waals surface area contributed by atoms with Gasteiger partial charge in [0.1, 0.15) is 6.10 Å². The van der Waals surface area contributed by atoms with E-state index in [-0.39, 0.29) is 43.2 Å². The fourth-order valence-electron chi connectivity index (χ4n) is 13.3. The highest BCUT2D eigenvalue weighted by Crippen LogP contribution is 2.70. The number of carbonyl (C=O) groups is 1. The van der Waals surface area contributed by atoms with Gasteiger partial charge in [0.25, 0.3) is 0 Å². The van der Waals surface area contributed by atoms with Gasteiger partial charge >= 0.3 is 0 Å². The van der Waals surface area contributed by atoms with Crippen molar-refractivity contribution < 1.29 is 40.2 Å². The highest BCUT2D eigenvalue weighted by molar-refractivity contribution is 6.42. The summed E-state index contributed by atoms with van der Waals surface area (Å²) < 4.78 is 6.27. The monoisotopic (exact) mass is 762 g/mol. The Morgan fingerprint density at radius 2 is 1.81 bits per heavy atom. The summed E-state index contributed by atoms with van der Waals surface area (Å²) in [5.74, 6) is -1.19. The molecule has 17 atom stereocenters. The molecule has 4 saturated carbocycles. The van der Waals surface area contributed by atoms with Crippen LogP contribution in [0.15, 0.2) is 4.99 Å². The number of ether oxygens (including phenoxy) is 1. The molecule has 0 amide bonds. The lowest BCUT2D eigenvalue weighted by molar-refractivity contribution is -0.224. The summed E-state index contributed by atoms with van der Waals surface area (Å²) in [5.41, 5.74) is 2.03. The third kappa shape index (κ3) is 7.54. The van der Waals surface area contributed by atoms with Crippen LogP contribution in [0.3, 0.4) is 0 Å². The first kappa shape index (κ1) is 42.6. The lowest BCUT2D eigenvalue weighted by Crippen LogP contribution is -2.70. The van der Waals surface area contributed by atoms with E-state index in [1.807, 2.05) is 6.92 Å². The Bertz CT molecular complexity index is 1330. The van der Waals surface area contributed by atoms with E-state index in [1.165, 1.54) is 19.3 Å². The molecule has 9 N–H and O–H groups in total. The summed E-state index contributed by atoms with van der Waals surface area (Å²) in [6.07, 6.45) is 8.18. The van der Waals surface area contributed by atoms with Gasteiger partial charge in [-0.1, -0.05) is 59.3 Å². The number of hydrogen-bond donors (Lipinski definition) is 8. The smallest absolute Gasteiger partial charge is 0.180 e. The van der Waals surface area contributed by atoms with Crippen molar-refractivity contribution in [2.75, 3.05) is 19.7 Å². The number of piperidine rings is 1. The van der Waals surface area contributed by atoms with Crippen molar-refractivity contribution in [2.45, 2.75) is 185 Å². The maximum atomic E-state index is 14.9. The Balaban J connectivity index is 1.31. The number of unbranched alkanes of at least 4 members (excludes halogenated alkanes) is 3. The average molecular weight is 762 g/mol. The van der Waals surface area contributed by atoms with E-state index in [9.17, 15) is 35.4 Å². The molecule has 2 unspecified atom stereocenters. The van der Waals surface area contributed by atoms with Crippen LogP contribution in [0.4, 0.5) is 0 Å². The number of Topliss-reactive ketones (excluding diaryl/α,β-unsaturated/α-hetero) is 1. The molecule has 310 valence electrons. The second-order valence-electron chi connectivity index (χ2n) is 19.6. The van der Waals surface area contributed by atoms with Gasteiger partial charge < -0.3 is 46.4 Å². The first-order chi connectivity index (χ1) is 25.5. The predicted molar refractivity (Wildman–Crippen MR) is 208 cm³/mol. The minimum Gasteiger partial charge on any atom is -0.391 e. The molecule has 4 aliphatic carbocycles. The molecule has 0 aromatic heterocycles. The standard InChI is InChI=1S/C43H75N3O8/c1-6-7-8-9-12-28-24-54-38(26(28)3)39(51)41(5,52)33-14-18-43(53)35-29(13-17-40(33,43)4)42(16-10-11-27-15-19-45-34(44)20-27)22-32(49)31(48)21-30(42)37(50)36(35)46-23-25(2)47/h25-35,38-39,45,47-49,51-53H,6-24,44H2,1-5H3/t25-,26-,27?,28-,29+,30-,31+,32-,33+,34?,35-,38+,39+,40+,41+,42+,43-/m0/s1. The normalized spacial score (nSPS) is 46.8. The van der Waals surface area contributed by atoms with Gasteiger partial charge in [0.2, 0.25) is 0 Å². The lowest BCUT2D eigenvalue weighted by Gasteiger charge is -2.65. The molecule has 0 aromatic carbocycles. The quantitative estimate of drug-likeness (QED) is 0.120. The largest absolute Gasteiger partial charge is 0.391 e. The molecule has 0 aromatic rings. The number of aliphatic imine (C=N–C) groups is 1. The molecule has 6 rings (SSSR count). The molecule has 11 heteroatoms. The molecule has 0 radical (unpaired) electrons. The lowest BCUT2D eigenvalue weighted by atomic mass is 9.40. The topological polar surface area (TPSA) is 198 Å². The summed E-state index contributed by atoms with van der Waals surface area (Å²) >= 11 is 0. The van der Waals surface area contributed by atoms with Crippen LogP contribution < -0.4 is 11.1 Å². The first-order valence-corrected chi connectivity index (χ1v) is 21.9. The van der Waals surface area contributed by atoms with Gasteiger partial charge in [-0.3, -0.25) is 9.79 Å². The summed E-state index contributed by atoms with van der Waals surface area (Å²) in [4.78, 5) is 19.7. The SMILES string of the molecule is CCCCCC[C@H]1CO[C@@H]([C@@H](O)[C@](C)(O)[C@@H]2CC[C@]3(O)[C@@H]4C(=NC[C@H](C)O)C(=O)[C@@H]5C[C@@H](O)[C@@H](O)C[C@]5(CCCC5CCNC(N)C5)[C@@H]4CC[C@]23C)[C@H]1C.